The van der Waals surface area contributed by atoms with Gasteiger partial charge in [0.25, 0.3) is 5.91 Å². The number of ether oxygens (including phenoxy) is 4. The third-order valence-corrected chi connectivity index (χ3v) is 7.46. The molecule has 4 aromatic rings. The maximum Gasteiger partial charge on any atom is 0.429 e. The number of nitrogens with two attached hydrogens (primary N) is 1. The number of carbonyl (C=O) groups excluding carboxylic acids is 3. The van der Waals surface area contributed by atoms with Crippen molar-refractivity contribution in [3.05, 3.63) is 78.8 Å². The second kappa shape index (κ2) is 16.7. The normalized spacial score (nSPS) is 21.1. The SMILES string of the molecule is COc1cc(NC(=O)NN(Cc2ccccc2)C(=O)O[C@H]2CCOC2)ccc1-c1cnco1.NC(=O)c1ncn([C@@H]2O[C@H](CO)[C@@H](O)[C@H]2O)n1. The number of aliphatic hydroxyl groups is 3. The highest BCUT2D eigenvalue weighted by Crippen LogP contribution is 2.32. The van der Waals surface area contributed by atoms with E-state index in [1.807, 2.05) is 30.3 Å². The number of nitrogens with zero attached hydrogens (tertiary/aromatic N) is 5. The Morgan fingerprint density at radius 2 is 1.94 bits per heavy atom. The van der Waals surface area contributed by atoms with Crippen molar-refractivity contribution >= 4 is 23.7 Å². The lowest BCUT2D eigenvalue weighted by molar-refractivity contribution is -0.0588. The number of aliphatic hydroxyl groups excluding tert-OH is 3. The average Bonchev–Trinajstić information content (AvgIpc) is 3.95. The number of aromatic nitrogens is 4. The fourth-order valence-corrected chi connectivity index (χ4v) is 4.94. The van der Waals surface area contributed by atoms with Crippen molar-refractivity contribution in [2.75, 3.05) is 32.2 Å². The van der Waals surface area contributed by atoms with Crippen molar-refractivity contribution in [1.29, 1.82) is 0 Å². The third-order valence-electron chi connectivity index (χ3n) is 7.46. The first kappa shape index (κ1) is 35.7. The molecule has 0 aliphatic carbocycles. The Hall–Kier alpha value is -5.60. The highest BCUT2D eigenvalue weighted by atomic mass is 16.6. The average molecular weight is 697 g/mol. The number of nitrogens with one attached hydrogen (secondary N) is 2. The number of anilines is 1. The number of urea groups is 1. The number of hydrazine groups is 1. The van der Waals surface area contributed by atoms with E-state index in [0.717, 1.165) is 21.6 Å². The maximum absolute atomic E-state index is 12.7. The minimum atomic E-state index is -1.27. The van der Waals surface area contributed by atoms with Crippen LogP contribution in [0.4, 0.5) is 15.3 Å². The van der Waals surface area contributed by atoms with Gasteiger partial charge in [0.1, 0.15) is 36.5 Å². The molecule has 4 heterocycles. The summed E-state index contributed by atoms with van der Waals surface area (Å²) in [5.74, 6) is 0.0000852. The Balaban J connectivity index is 0.000000240. The number of methoxy groups -OCH3 is 1. The van der Waals surface area contributed by atoms with E-state index < -0.39 is 49.2 Å². The maximum atomic E-state index is 12.7. The van der Waals surface area contributed by atoms with Crippen molar-refractivity contribution < 1.29 is 53.1 Å². The predicted molar refractivity (Wildman–Crippen MR) is 170 cm³/mol. The first-order valence-electron chi connectivity index (χ1n) is 15.2. The van der Waals surface area contributed by atoms with Gasteiger partial charge in [-0.2, -0.15) is 0 Å². The molecule has 50 heavy (non-hydrogen) atoms. The first-order chi connectivity index (χ1) is 24.2. The van der Waals surface area contributed by atoms with Gasteiger partial charge in [0, 0.05) is 18.2 Å². The topological polar surface area (TPSA) is 259 Å². The molecule has 266 valence electrons. The number of oxazole rings is 1. The molecule has 2 aromatic carbocycles. The van der Waals surface area contributed by atoms with Crippen LogP contribution in [0.3, 0.4) is 0 Å². The molecule has 0 radical (unpaired) electrons. The number of primary amides is 1. The van der Waals surface area contributed by atoms with Gasteiger partial charge < -0.3 is 49.7 Å². The van der Waals surface area contributed by atoms with Gasteiger partial charge in [0.05, 0.1) is 45.2 Å². The molecule has 2 aliphatic rings. The highest BCUT2D eigenvalue weighted by molar-refractivity contribution is 5.91. The van der Waals surface area contributed by atoms with E-state index in [0.29, 0.717) is 42.4 Å². The summed E-state index contributed by atoms with van der Waals surface area (Å²) >= 11 is 0. The molecular weight excluding hydrogens is 660 g/mol. The van der Waals surface area contributed by atoms with Gasteiger partial charge in [0.2, 0.25) is 5.82 Å². The Bertz CT molecular complexity index is 1720. The quantitative estimate of drug-likeness (QED) is 0.132. The summed E-state index contributed by atoms with van der Waals surface area (Å²) in [6, 6.07) is 13.8. The summed E-state index contributed by atoms with van der Waals surface area (Å²) in [5.41, 5.74) is 9.52. The monoisotopic (exact) mass is 696 g/mol. The fraction of sp³-hybridized carbons (Fsp3) is 0.355. The zero-order valence-electron chi connectivity index (χ0n) is 26.7. The van der Waals surface area contributed by atoms with E-state index in [4.69, 9.17) is 34.2 Å². The minimum absolute atomic E-state index is 0.133. The summed E-state index contributed by atoms with van der Waals surface area (Å²) in [4.78, 5) is 43.7. The van der Waals surface area contributed by atoms with Gasteiger partial charge >= 0.3 is 12.1 Å². The number of hydrogen-bond acceptors (Lipinski definition) is 14. The van der Waals surface area contributed by atoms with Crippen molar-refractivity contribution in [1.82, 2.24) is 30.2 Å². The van der Waals surface area contributed by atoms with Crippen LogP contribution >= 0.6 is 0 Å². The van der Waals surface area contributed by atoms with Gasteiger partial charge in [-0.15, -0.1) is 5.10 Å². The second-order valence-corrected chi connectivity index (χ2v) is 10.9. The van der Waals surface area contributed by atoms with Crippen LogP contribution in [0.2, 0.25) is 0 Å². The molecule has 0 unspecified atom stereocenters. The number of hydrogen-bond donors (Lipinski definition) is 6. The van der Waals surface area contributed by atoms with Gasteiger partial charge in [-0.25, -0.2) is 34.7 Å². The molecule has 6 rings (SSSR count). The summed E-state index contributed by atoms with van der Waals surface area (Å²) in [6.45, 7) is 0.575. The van der Waals surface area contributed by atoms with Gasteiger partial charge in [0.15, 0.2) is 18.4 Å². The number of benzene rings is 2. The molecule has 2 aliphatic heterocycles. The molecule has 4 amide bonds. The Morgan fingerprint density at radius 1 is 1.14 bits per heavy atom. The van der Waals surface area contributed by atoms with E-state index in [1.54, 1.807) is 24.4 Å². The molecule has 0 saturated carbocycles. The first-order valence-corrected chi connectivity index (χ1v) is 15.2. The zero-order chi connectivity index (χ0) is 35.6. The van der Waals surface area contributed by atoms with Crippen LogP contribution in [0.15, 0.2) is 71.9 Å². The lowest BCUT2D eigenvalue weighted by Gasteiger charge is -2.24. The van der Waals surface area contributed by atoms with Crippen molar-refractivity contribution in [2.45, 2.75) is 43.6 Å². The van der Waals surface area contributed by atoms with Crippen molar-refractivity contribution in [3.63, 3.8) is 0 Å². The Kier molecular flexibility index (Phi) is 11.9. The number of rotatable bonds is 9. The largest absolute Gasteiger partial charge is 0.496 e. The summed E-state index contributed by atoms with van der Waals surface area (Å²) in [5, 5.41) is 35.6. The highest BCUT2D eigenvalue weighted by Gasteiger charge is 2.44. The Morgan fingerprint density at radius 3 is 2.56 bits per heavy atom. The van der Waals surface area contributed by atoms with Crippen molar-refractivity contribution in [2.24, 2.45) is 5.73 Å². The number of carbonyl (C=O) groups is 3. The van der Waals surface area contributed by atoms with Gasteiger partial charge in [-0.05, 0) is 17.7 Å². The smallest absolute Gasteiger partial charge is 0.429 e. The lowest BCUT2D eigenvalue weighted by Crippen LogP contribution is -2.48. The van der Waals surface area contributed by atoms with Crippen LogP contribution in [0.1, 0.15) is 28.8 Å². The summed E-state index contributed by atoms with van der Waals surface area (Å²) in [6.07, 6.45) is -0.752. The molecule has 19 nitrogen and oxygen atoms in total. The fourth-order valence-electron chi connectivity index (χ4n) is 4.94. The van der Waals surface area contributed by atoms with Crippen LogP contribution in [0, 0.1) is 0 Å². The molecule has 2 aromatic heterocycles. The van der Waals surface area contributed by atoms with Gasteiger partial charge in [-0.3, -0.25) is 4.79 Å². The van der Waals surface area contributed by atoms with E-state index in [-0.39, 0.29) is 18.5 Å². The van der Waals surface area contributed by atoms with Crippen LogP contribution in [-0.4, -0.2) is 109 Å². The van der Waals surface area contributed by atoms with E-state index in [2.05, 4.69) is 25.8 Å². The molecule has 0 spiro atoms. The van der Waals surface area contributed by atoms with Crippen molar-refractivity contribution in [3.8, 4) is 17.1 Å². The molecule has 2 fully saturated rings. The molecule has 5 atom stereocenters. The minimum Gasteiger partial charge on any atom is -0.496 e. The predicted octanol–water partition coefficient (Wildman–Crippen LogP) is 0.803. The van der Waals surface area contributed by atoms with Crippen LogP contribution in [0.25, 0.3) is 11.3 Å². The molecule has 19 heteroatoms. The van der Waals surface area contributed by atoms with Crippen LogP contribution in [0.5, 0.6) is 5.75 Å². The number of amides is 4. The summed E-state index contributed by atoms with van der Waals surface area (Å²) in [7, 11) is 1.52. The molecule has 2 saturated heterocycles. The summed E-state index contributed by atoms with van der Waals surface area (Å²) < 4.78 is 27.7. The van der Waals surface area contributed by atoms with Crippen LogP contribution in [-0.2, 0) is 20.8 Å². The van der Waals surface area contributed by atoms with Gasteiger partial charge in [-0.1, -0.05) is 30.3 Å². The molecular formula is C31H36N8O11. The lowest BCUT2D eigenvalue weighted by atomic mass is 10.1. The standard InChI is InChI=1S/C23H24N4O6.C8H12N4O5/c1-30-20-11-17(7-8-19(20)21-12-24-15-32-21)25-22(28)26-27(13-16-5-3-2-4-6-16)23(29)33-18-9-10-31-14-18;9-6(16)7-10-2-12(11-7)8-5(15)4(14)3(1-13)17-8/h2-8,11-12,15,18H,9-10,13-14H2,1H3,(H2,25,26,28);2-5,8,13-15H,1H2,(H2,9,16)/t18-;3-,4-,5-,8-/m01/s1. The van der Waals surface area contributed by atoms with E-state index >= 15 is 0 Å². The van der Waals surface area contributed by atoms with E-state index in [1.165, 1.54) is 13.5 Å². The van der Waals surface area contributed by atoms with Crippen LogP contribution < -0.4 is 21.2 Å². The third kappa shape index (κ3) is 8.89. The Labute approximate surface area is 284 Å². The molecule has 0 bridgehead atoms. The molecule has 7 N–H and O–H groups in total. The van der Waals surface area contributed by atoms with E-state index in [9.17, 15) is 24.6 Å². The second-order valence-electron chi connectivity index (χ2n) is 10.9. The zero-order valence-corrected chi connectivity index (χ0v) is 26.7.